The van der Waals surface area contributed by atoms with Crippen LogP contribution in [-0.4, -0.2) is 22.5 Å². The van der Waals surface area contributed by atoms with Crippen LogP contribution in [0.4, 0.5) is 11.4 Å². The normalized spacial score (nSPS) is 12.6. The van der Waals surface area contributed by atoms with Gasteiger partial charge in [-0.1, -0.05) is 26.0 Å². The maximum atomic E-state index is 11.0. The fraction of sp³-hybridized carbons (Fsp3) is 0.357. The van der Waals surface area contributed by atoms with E-state index in [1.807, 2.05) is 12.1 Å². The maximum absolute atomic E-state index is 11.0. The minimum Gasteiger partial charge on any atom is -0.380 e. The van der Waals surface area contributed by atoms with E-state index in [2.05, 4.69) is 24.1 Å². The Bertz CT molecular complexity index is 628. The number of nitro groups is 1. The van der Waals surface area contributed by atoms with Gasteiger partial charge in [0, 0.05) is 35.9 Å². The lowest BCUT2D eigenvalue weighted by molar-refractivity contribution is -0.383. The van der Waals surface area contributed by atoms with Crippen LogP contribution in [-0.2, 0) is 0 Å². The summed E-state index contributed by atoms with van der Waals surface area (Å²) in [5.74, 6) is 0.363. The van der Waals surface area contributed by atoms with Crippen molar-refractivity contribution in [3.63, 3.8) is 0 Å². The van der Waals surface area contributed by atoms with Crippen LogP contribution >= 0.6 is 0 Å². The van der Waals surface area contributed by atoms with E-state index in [-0.39, 0.29) is 11.7 Å². The van der Waals surface area contributed by atoms with Crippen molar-refractivity contribution in [2.45, 2.75) is 19.9 Å². The third-order valence-electron chi connectivity index (χ3n) is 3.35. The predicted molar refractivity (Wildman–Crippen MR) is 79.7 cm³/mol. The minimum atomic E-state index is -0.415. The van der Waals surface area contributed by atoms with Crippen molar-refractivity contribution < 1.29 is 4.92 Å². The number of pyridine rings is 1. The summed E-state index contributed by atoms with van der Waals surface area (Å²) < 4.78 is 0. The average Bonchev–Trinajstić information content (AvgIpc) is 2.43. The fourth-order valence-corrected chi connectivity index (χ4v) is 2.13. The van der Waals surface area contributed by atoms with E-state index in [1.165, 1.54) is 6.07 Å². The number of fused-ring (bicyclic) bond motifs is 1. The molecule has 0 aliphatic carbocycles. The number of nitrogens with zero attached hydrogens (tertiary/aromatic N) is 2. The van der Waals surface area contributed by atoms with E-state index in [1.54, 1.807) is 12.3 Å². The number of rotatable bonds is 5. The Hall–Kier alpha value is -2.21. The number of non-ortho nitro benzene ring substituents is 1. The summed E-state index contributed by atoms with van der Waals surface area (Å²) in [6.45, 7) is 4.66. The molecule has 0 radical (unpaired) electrons. The summed E-state index contributed by atoms with van der Waals surface area (Å²) >= 11 is 0. The molecule has 0 aliphatic rings. The zero-order valence-corrected chi connectivity index (χ0v) is 11.5. The monoisotopic (exact) mass is 274 g/mol. The second-order valence-corrected chi connectivity index (χ2v) is 5.02. The zero-order valence-electron chi connectivity index (χ0n) is 11.5. The van der Waals surface area contributed by atoms with Crippen molar-refractivity contribution in [3.8, 4) is 0 Å². The highest BCUT2D eigenvalue weighted by Crippen LogP contribution is 2.29. The number of nitrogens with two attached hydrogens (primary N) is 1. The molecule has 0 saturated heterocycles. The van der Waals surface area contributed by atoms with Crippen molar-refractivity contribution in [2.75, 3.05) is 11.9 Å². The second kappa shape index (κ2) is 5.83. The molecule has 2 aromatic rings. The van der Waals surface area contributed by atoms with E-state index in [0.29, 0.717) is 18.0 Å². The summed E-state index contributed by atoms with van der Waals surface area (Å²) in [4.78, 5) is 14.8. The van der Waals surface area contributed by atoms with E-state index in [0.717, 1.165) is 11.1 Å². The van der Waals surface area contributed by atoms with Crippen LogP contribution in [0.5, 0.6) is 0 Å². The van der Waals surface area contributed by atoms with Crippen molar-refractivity contribution in [3.05, 3.63) is 40.6 Å². The number of para-hydroxylation sites is 1. The number of hydrogen-bond donors (Lipinski definition) is 2. The van der Waals surface area contributed by atoms with Gasteiger partial charge in [-0.2, -0.15) is 0 Å². The van der Waals surface area contributed by atoms with Gasteiger partial charge in [0.05, 0.1) is 4.92 Å². The van der Waals surface area contributed by atoms with Crippen molar-refractivity contribution >= 4 is 22.3 Å². The number of benzene rings is 1. The smallest absolute Gasteiger partial charge is 0.295 e. The summed E-state index contributed by atoms with van der Waals surface area (Å²) in [5, 5.41) is 15.1. The van der Waals surface area contributed by atoms with Gasteiger partial charge in [0.25, 0.3) is 5.69 Å². The lowest BCUT2D eigenvalue weighted by Gasteiger charge is -2.22. The van der Waals surface area contributed by atoms with Crippen LogP contribution in [0.15, 0.2) is 30.5 Å². The van der Waals surface area contributed by atoms with E-state index in [4.69, 9.17) is 5.73 Å². The number of anilines is 1. The summed E-state index contributed by atoms with van der Waals surface area (Å²) in [5.41, 5.74) is 6.98. The van der Waals surface area contributed by atoms with Crippen LogP contribution in [0.2, 0.25) is 0 Å². The minimum absolute atomic E-state index is 0.0139. The molecular formula is C14H18N4O2. The van der Waals surface area contributed by atoms with Gasteiger partial charge in [-0.3, -0.25) is 10.1 Å². The van der Waals surface area contributed by atoms with Gasteiger partial charge in [0.2, 0.25) is 0 Å². The first-order chi connectivity index (χ1) is 9.54. The molecule has 0 saturated carbocycles. The quantitative estimate of drug-likeness (QED) is 0.645. The molecule has 0 fully saturated rings. The largest absolute Gasteiger partial charge is 0.380 e. The Kier molecular flexibility index (Phi) is 4.14. The Labute approximate surface area is 117 Å². The van der Waals surface area contributed by atoms with Gasteiger partial charge in [0.1, 0.15) is 5.52 Å². The number of nitrogens with one attached hydrogen (secondary N) is 1. The predicted octanol–water partition coefficient (Wildman–Crippen LogP) is 2.54. The first-order valence-electron chi connectivity index (χ1n) is 6.53. The Balaban J connectivity index is 2.50. The van der Waals surface area contributed by atoms with Crippen LogP contribution in [0.1, 0.15) is 13.8 Å². The highest BCUT2D eigenvalue weighted by molar-refractivity contribution is 5.96. The molecule has 1 heterocycles. The van der Waals surface area contributed by atoms with Gasteiger partial charge in [-0.05, 0) is 12.0 Å². The molecule has 1 aromatic heterocycles. The van der Waals surface area contributed by atoms with Crippen LogP contribution in [0, 0.1) is 16.0 Å². The Morgan fingerprint density at radius 2 is 2.15 bits per heavy atom. The number of aromatic nitrogens is 1. The summed E-state index contributed by atoms with van der Waals surface area (Å²) in [6, 6.07) is 6.88. The van der Waals surface area contributed by atoms with Crippen molar-refractivity contribution in [1.29, 1.82) is 0 Å². The first-order valence-corrected chi connectivity index (χ1v) is 6.53. The van der Waals surface area contributed by atoms with E-state index < -0.39 is 4.92 Å². The average molecular weight is 274 g/mol. The van der Waals surface area contributed by atoms with Crippen molar-refractivity contribution in [2.24, 2.45) is 11.7 Å². The Morgan fingerprint density at radius 3 is 2.75 bits per heavy atom. The molecule has 1 aromatic carbocycles. The molecule has 0 spiro atoms. The van der Waals surface area contributed by atoms with E-state index in [9.17, 15) is 10.1 Å². The number of nitro benzene ring substituents is 1. The van der Waals surface area contributed by atoms with Gasteiger partial charge < -0.3 is 11.1 Å². The zero-order chi connectivity index (χ0) is 14.7. The summed E-state index contributed by atoms with van der Waals surface area (Å²) in [7, 11) is 0. The van der Waals surface area contributed by atoms with Crippen LogP contribution in [0.3, 0.4) is 0 Å². The Morgan fingerprint density at radius 1 is 1.40 bits per heavy atom. The van der Waals surface area contributed by atoms with Crippen molar-refractivity contribution in [1.82, 2.24) is 4.98 Å². The molecule has 1 atom stereocenters. The fourth-order valence-electron chi connectivity index (χ4n) is 2.13. The third kappa shape index (κ3) is 2.70. The molecule has 6 heteroatoms. The SMILES string of the molecule is CC(C)C(CN)Nc1ccnc2c([N+](=O)[O-])cccc12. The highest BCUT2D eigenvalue weighted by Gasteiger charge is 2.17. The van der Waals surface area contributed by atoms with Gasteiger partial charge >= 0.3 is 0 Å². The topological polar surface area (TPSA) is 94.1 Å². The molecule has 1 unspecified atom stereocenters. The van der Waals surface area contributed by atoms with Gasteiger partial charge in [-0.15, -0.1) is 0 Å². The highest BCUT2D eigenvalue weighted by atomic mass is 16.6. The second-order valence-electron chi connectivity index (χ2n) is 5.02. The molecule has 6 nitrogen and oxygen atoms in total. The molecule has 3 N–H and O–H groups in total. The van der Waals surface area contributed by atoms with Gasteiger partial charge in [-0.25, -0.2) is 4.98 Å². The molecule has 0 amide bonds. The standard InChI is InChI=1S/C14H18N4O2/c1-9(2)12(8-15)17-11-6-7-16-14-10(11)4-3-5-13(14)18(19)20/h3-7,9,12H,8,15H2,1-2H3,(H,16,17). The molecule has 0 aliphatic heterocycles. The first kappa shape index (κ1) is 14.2. The molecule has 0 bridgehead atoms. The lowest BCUT2D eigenvalue weighted by Crippen LogP contribution is -2.33. The summed E-state index contributed by atoms with van der Waals surface area (Å²) in [6.07, 6.45) is 1.57. The van der Waals surface area contributed by atoms with Crippen LogP contribution in [0.25, 0.3) is 10.9 Å². The lowest BCUT2D eigenvalue weighted by atomic mass is 10.0. The molecule has 20 heavy (non-hydrogen) atoms. The molecule has 2 rings (SSSR count). The molecular weight excluding hydrogens is 256 g/mol. The third-order valence-corrected chi connectivity index (χ3v) is 3.35. The number of hydrogen-bond acceptors (Lipinski definition) is 5. The van der Waals surface area contributed by atoms with E-state index >= 15 is 0 Å². The van der Waals surface area contributed by atoms with Crippen LogP contribution < -0.4 is 11.1 Å². The maximum Gasteiger partial charge on any atom is 0.295 e. The van der Waals surface area contributed by atoms with Gasteiger partial charge in [0.15, 0.2) is 0 Å². The molecule has 106 valence electrons.